The van der Waals surface area contributed by atoms with Gasteiger partial charge in [0.05, 0.1) is 19.0 Å². The smallest absolute Gasteiger partial charge is 0.246 e. The second kappa shape index (κ2) is 10.4. The van der Waals surface area contributed by atoms with Gasteiger partial charge in [0.2, 0.25) is 11.8 Å². The van der Waals surface area contributed by atoms with Crippen molar-refractivity contribution in [1.82, 2.24) is 9.78 Å². The highest BCUT2D eigenvalue weighted by Crippen LogP contribution is 2.15. The lowest BCUT2D eigenvalue weighted by Gasteiger charge is -2.06. The van der Waals surface area contributed by atoms with Gasteiger partial charge in [0.25, 0.3) is 0 Å². The van der Waals surface area contributed by atoms with Crippen LogP contribution in [0.2, 0.25) is 0 Å². The summed E-state index contributed by atoms with van der Waals surface area (Å²) in [5.74, 6) is 0.372. The molecule has 2 rings (SSSR count). The number of hydrogen-bond donors (Lipinski definition) is 3. The Balaban J connectivity index is 0.00000338. The Labute approximate surface area is 158 Å². The molecule has 0 aliphatic carbocycles. The van der Waals surface area contributed by atoms with Crippen molar-refractivity contribution in [2.24, 2.45) is 5.73 Å². The monoisotopic (exact) mass is 381 g/mol. The summed E-state index contributed by atoms with van der Waals surface area (Å²) in [7, 11) is 1.58. The zero-order valence-electron chi connectivity index (χ0n) is 14.8. The van der Waals surface area contributed by atoms with Crippen molar-refractivity contribution in [2.75, 3.05) is 17.7 Å². The van der Waals surface area contributed by atoms with E-state index in [9.17, 15) is 9.59 Å². The first-order valence-electron chi connectivity index (χ1n) is 7.98. The van der Waals surface area contributed by atoms with E-state index in [0.717, 1.165) is 5.75 Å². The lowest BCUT2D eigenvalue weighted by atomic mass is 10.2. The van der Waals surface area contributed by atoms with Crippen molar-refractivity contribution in [1.29, 1.82) is 0 Å². The standard InChI is InChI=1S/C17H23N5O3.ClH/c1-12(18)3-8-16(23)21-14-9-19-22(10-14)11-17(24)20-13-4-6-15(25-2)7-5-13;/h4-7,9-10,12H,3,8,11,18H2,1-2H3,(H,20,24)(H,21,23);1H. The maximum absolute atomic E-state index is 12.0. The van der Waals surface area contributed by atoms with Gasteiger partial charge in [-0.2, -0.15) is 5.10 Å². The number of nitrogens with one attached hydrogen (secondary N) is 2. The summed E-state index contributed by atoms with van der Waals surface area (Å²) in [6.07, 6.45) is 4.08. The molecule has 8 nitrogen and oxygen atoms in total. The second-order valence-corrected chi connectivity index (χ2v) is 5.77. The van der Waals surface area contributed by atoms with Gasteiger partial charge in [0.15, 0.2) is 0 Å². The number of amides is 2. The highest BCUT2D eigenvalue weighted by molar-refractivity contribution is 5.91. The number of carbonyl (C=O) groups excluding carboxylic acids is 2. The summed E-state index contributed by atoms with van der Waals surface area (Å²) in [4.78, 5) is 23.8. The molecule has 1 unspecified atom stereocenters. The van der Waals surface area contributed by atoms with Crippen LogP contribution in [0.3, 0.4) is 0 Å². The van der Waals surface area contributed by atoms with Crippen LogP contribution >= 0.6 is 12.4 Å². The van der Waals surface area contributed by atoms with E-state index >= 15 is 0 Å². The highest BCUT2D eigenvalue weighted by atomic mass is 35.5. The third kappa shape index (κ3) is 7.12. The van der Waals surface area contributed by atoms with Gasteiger partial charge in [0.1, 0.15) is 12.3 Å². The van der Waals surface area contributed by atoms with Crippen LogP contribution in [0.4, 0.5) is 11.4 Å². The summed E-state index contributed by atoms with van der Waals surface area (Å²) in [6, 6.07) is 7.02. The Hall–Kier alpha value is -2.58. The summed E-state index contributed by atoms with van der Waals surface area (Å²) >= 11 is 0. The Kier molecular flexibility index (Phi) is 8.60. The van der Waals surface area contributed by atoms with Crippen LogP contribution in [0.15, 0.2) is 36.7 Å². The summed E-state index contributed by atoms with van der Waals surface area (Å²) in [6.45, 7) is 1.90. The van der Waals surface area contributed by atoms with E-state index in [0.29, 0.717) is 24.2 Å². The zero-order chi connectivity index (χ0) is 18.2. The Bertz CT molecular complexity index is 715. The lowest BCUT2D eigenvalue weighted by Crippen LogP contribution is -2.19. The molecule has 0 aliphatic rings. The minimum atomic E-state index is -0.219. The number of nitrogens with zero attached hydrogens (tertiary/aromatic N) is 2. The first-order valence-corrected chi connectivity index (χ1v) is 7.98. The average Bonchev–Trinajstić information content (AvgIpc) is 3.00. The number of methoxy groups -OCH3 is 1. The van der Waals surface area contributed by atoms with E-state index in [2.05, 4.69) is 15.7 Å². The van der Waals surface area contributed by atoms with Crippen LogP contribution < -0.4 is 21.1 Å². The molecule has 4 N–H and O–H groups in total. The Morgan fingerprint density at radius 1 is 1.19 bits per heavy atom. The Morgan fingerprint density at radius 2 is 1.85 bits per heavy atom. The van der Waals surface area contributed by atoms with E-state index < -0.39 is 0 Å². The Morgan fingerprint density at radius 3 is 2.46 bits per heavy atom. The normalized spacial score (nSPS) is 11.2. The third-order valence-corrected chi connectivity index (χ3v) is 3.42. The van der Waals surface area contributed by atoms with Crippen LogP contribution in [0.1, 0.15) is 19.8 Å². The second-order valence-electron chi connectivity index (χ2n) is 5.77. The van der Waals surface area contributed by atoms with Crippen molar-refractivity contribution in [2.45, 2.75) is 32.4 Å². The van der Waals surface area contributed by atoms with E-state index in [-0.39, 0.29) is 36.8 Å². The topological polar surface area (TPSA) is 111 Å². The predicted octanol–water partition coefficient (Wildman–Crippen LogP) is 2.02. The number of anilines is 2. The molecule has 1 aromatic heterocycles. The molecule has 142 valence electrons. The van der Waals surface area contributed by atoms with Gasteiger partial charge in [0, 0.05) is 24.3 Å². The van der Waals surface area contributed by atoms with Gasteiger partial charge in [-0.25, -0.2) is 0 Å². The van der Waals surface area contributed by atoms with Crippen molar-refractivity contribution in [3.05, 3.63) is 36.7 Å². The lowest BCUT2D eigenvalue weighted by molar-refractivity contribution is -0.117. The molecule has 26 heavy (non-hydrogen) atoms. The molecule has 0 aliphatic heterocycles. The van der Waals surface area contributed by atoms with Gasteiger partial charge >= 0.3 is 0 Å². The maximum atomic E-state index is 12.0. The van der Waals surface area contributed by atoms with Crippen molar-refractivity contribution in [3.8, 4) is 5.75 Å². The number of aromatic nitrogens is 2. The maximum Gasteiger partial charge on any atom is 0.246 e. The molecule has 9 heteroatoms. The number of benzene rings is 1. The summed E-state index contributed by atoms with van der Waals surface area (Å²) in [5.41, 5.74) is 6.84. The van der Waals surface area contributed by atoms with Gasteiger partial charge < -0.3 is 21.1 Å². The van der Waals surface area contributed by atoms with E-state index in [1.54, 1.807) is 37.6 Å². The molecule has 0 saturated heterocycles. The molecule has 0 saturated carbocycles. The number of nitrogens with two attached hydrogens (primary N) is 1. The molecular formula is C17H24ClN5O3. The summed E-state index contributed by atoms with van der Waals surface area (Å²) < 4.78 is 6.52. The highest BCUT2D eigenvalue weighted by Gasteiger charge is 2.08. The number of hydrogen-bond acceptors (Lipinski definition) is 5. The van der Waals surface area contributed by atoms with E-state index in [1.165, 1.54) is 10.9 Å². The molecule has 2 aromatic rings. The van der Waals surface area contributed by atoms with Crippen LogP contribution in [0.25, 0.3) is 0 Å². The fourth-order valence-corrected chi connectivity index (χ4v) is 2.12. The van der Waals surface area contributed by atoms with Crippen LogP contribution in [-0.2, 0) is 16.1 Å². The molecule has 0 spiro atoms. The van der Waals surface area contributed by atoms with Gasteiger partial charge in [-0.1, -0.05) is 0 Å². The van der Waals surface area contributed by atoms with Gasteiger partial charge in [-0.15, -0.1) is 12.4 Å². The molecule has 1 heterocycles. The van der Waals surface area contributed by atoms with E-state index in [1.807, 2.05) is 6.92 Å². The first kappa shape index (κ1) is 21.5. The van der Waals surface area contributed by atoms with Gasteiger partial charge in [-0.05, 0) is 37.6 Å². The molecule has 1 atom stereocenters. The molecule has 0 fully saturated rings. The van der Waals surface area contributed by atoms with E-state index in [4.69, 9.17) is 10.5 Å². The predicted molar refractivity (Wildman–Crippen MR) is 103 cm³/mol. The molecule has 2 amide bonds. The molecule has 1 aromatic carbocycles. The van der Waals surface area contributed by atoms with Crippen LogP contribution in [0, 0.1) is 0 Å². The first-order chi connectivity index (χ1) is 12.0. The van der Waals surface area contributed by atoms with Crippen molar-refractivity contribution in [3.63, 3.8) is 0 Å². The minimum Gasteiger partial charge on any atom is -0.497 e. The number of carbonyl (C=O) groups is 2. The molecule has 0 radical (unpaired) electrons. The quantitative estimate of drug-likeness (QED) is 0.647. The number of rotatable bonds is 8. The fourth-order valence-electron chi connectivity index (χ4n) is 2.12. The molecule has 0 bridgehead atoms. The third-order valence-electron chi connectivity index (χ3n) is 3.42. The largest absolute Gasteiger partial charge is 0.497 e. The van der Waals surface area contributed by atoms with Crippen molar-refractivity contribution >= 4 is 35.6 Å². The average molecular weight is 382 g/mol. The number of ether oxygens (including phenoxy) is 1. The SMILES string of the molecule is COc1ccc(NC(=O)Cn2cc(NC(=O)CCC(C)N)cn2)cc1.Cl. The minimum absolute atomic E-state index is 0. The summed E-state index contributed by atoms with van der Waals surface area (Å²) in [5, 5.41) is 9.57. The number of halogens is 1. The van der Waals surface area contributed by atoms with Crippen LogP contribution in [0.5, 0.6) is 5.75 Å². The van der Waals surface area contributed by atoms with Crippen molar-refractivity contribution < 1.29 is 14.3 Å². The molecular weight excluding hydrogens is 358 g/mol. The zero-order valence-corrected chi connectivity index (χ0v) is 15.6. The fraction of sp³-hybridized carbons (Fsp3) is 0.353. The van der Waals surface area contributed by atoms with Crippen LogP contribution in [-0.4, -0.2) is 34.7 Å². The van der Waals surface area contributed by atoms with Gasteiger partial charge in [-0.3, -0.25) is 14.3 Å².